The fourth-order valence-corrected chi connectivity index (χ4v) is 4.62. The Labute approximate surface area is 188 Å². The van der Waals surface area contributed by atoms with Gasteiger partial charge in [-0.2, -0.15) is 0 Å². The molecular weight excluding hydrogens is 398 g/mol. The first-order valence-corrected chi connectivity index (χ1v) is 11.1. The average Bonchev–Trinajstić information content (AvgIpc) is 3.06. The molecule has 2 aliphatic heterocycles. The number of rotatable bonds is 3. The van der Waals surface area contributed by atoms with Gasteiger partial charge in [-0.25, -0.2) is 4.90 Å². The van der Waals surface area contributed by atoms with Crippen LogP contribution in [0.4, 0.5) is 5.69 Å². The molecule has 0 spiro atoms. The van der Waals surface area contributed by atoms with Crippen molar-refractivity contribution < 1.29 is 9.59 Å². The number of imide groups is 1. The molecule has 3 aromatic rings. The molecule has 0 aliphatic carbocycles. The highest BCUT2D eigenvalue weighted by Crippen LogP contribution is 2.38. The fraction of sp³-hybridized carbons (Fsp3) is 0.259. The lowest BCUT2D eigenvalue weighted by Crippen LogP contribution is -2.46. The van der Waals surface area contributed by atoms with Gasteiger partial charge >= 0.3 is 0 Å². The zero-order valence-electron chi connectivity index (χ0n) is 18.8. The van der Waals surface area contributed by atoms with Crippen molar-refractivity contribution >= 4 is 33.8 Å². The van der Waals surface area contributed by atoms with Crippen molar-refractivity contribution in [3.63, 3.8) is 0 Å². The minimum Gasteiger partial charge on any atom is -0.364 e. The number of nitrogens with zero attached hydrogens (tertiary/aromatic N) is 3. The summed E-state index contributed by atoms with van der Waals surface area (Å²) in [7, 11) is 2.08. The van der Waals surface area contributed by atoms with Gasteiger partial charge in [0.05, 0.1) is 11.3 Å². The summed E-state index contributed by atoms with van der Waals surface area (Å²) in [6.45, 7) is 7.27. The number of anilines is 1. The Kier molecular flexibility index (Phi) is 5.06. The van der Waals surface area contributed by atoms with Gasteiger partial charge in [-0.3, -0.25) is 9.59 Å². The minimum absolute atomic E-state index is 0.232. The maximum atomic E-state index is 13.9. The van der Waals surface area contributed by atoms with E-state index in [1.807, 2.05) is 67.6 Å². The normalized spacial score (nSPS) is 17.7. The van der Waals surface area contributed by atoms with Gasteiger partial charge in [0.15, 0.2) is 0 Å². The van der Waals surface area contributed by atoms with Crippen molar-refractivity contribution in [2.75, 3.05) is 38.1 Å². The summed E-state index contributed by atoms with van der Waals surface area (Å²) in [5.41, 5.74) is 4.76. The van der Waals surface area contributed by atoms with E-state index in [-0.39, 0.29) is 11.8 Å². The summed E-state index contributed by atoms with van der Waals surface area (Å²) in [5.74, 6) is -0.479. The number of aryl methyl sites for hydroxylation is 2. The molecule has 5 nitrogen and oxygen atoms in total. The van der Waals surface area contributed by atoms with Crippen molar-refractivity contribution in [1.29, 1.82) is 0 Å². The van der Waals surface area contributed by atoms with Crippen molar-refractivity contribution in [1.82, 2.24) is 9.80 Å². The number of likely N-dealkylation sites (N-methyl/N-ethyl adjacent to an activating group) is 1. The first kappa shape index (κ1) is 20.5. The Hall–Kier alpha value is -3.44. The van der Waals surface area contributed by atoms with E-state index in [9.17, 15) is 9.59 Å². The standard InChI is InChI=1S/C27H27N3O2/c1-18-11-12-21(17-19(18)2)24-25(29-15-13-28(3)14-16-29)27(32)30(26(24)31)23-10-6-8-20-7-4-5-9-22(20)23/h4-12,17H,13-16H2,1-3H3. The van der Waals surface area contributed by atoms with E-state index in [4.69, 9.17) is 0 Å². The second-order valence-corrected chi connectivity index (χ2v) is 8.76. The molecule has 2 heterocycles. The third kappa shape index (κ3) is 3.30. The molecule has 32 heavy (non-hydrogen) atoms. The van der Waals surface area contributed by atoms with Crippen LogP contribution < -0.4 is 4.90 Å². The molecule has 0 bridgehead atoms. The quantitative estimate of drug-likeness (QED) is 0.596. The smallest absolute Gasteiger partial charge is 0.282 e. The molecule has 0 N–H and O–H groups in total. The zero-order chi connectivity index (χ0) is 22.4. The molecule has 3 aromatic carbocycles. The highest BCUT2D eigenvalue weighted by molar-refractivity contribution is 6.46. The van der Waals surface area contributed by atoms with Crippen LogP contribution in [0.3, 0.4) is 0 Å². The van der Waals surface area contributed by atoms with E-state index in [0.717, 1.165) is 53.6 Å². The average molecular weight is 426 g/mol. The summed E-state index contributed by atoms with van der Waals surface area (Å²) < 4.78 is 0. The number of benzene rings is 3. The summed E-state index contributed by atoms with van der Waals surface area (Å²) in [5, 5.41) is 1.90. The lowest BCUT2D eigenvalue weighted by molar-refractivity contribution is -0.120. The molecule has 0 radical (unpaired) electrons. The second-order valence-electron chi connectivity index (χ2n) is 8.76. The van der Waals surface area contributed by atoms with Crippen LogP contribution in [-0.4, -0.2) is 54.8 Å². The van der Waals surface area contributed by atoms with Crippen LogP contribution in [-0.2, 0) is 9.59 Å². The predicted molar refractivity (Wildman–Crippen MR) is 128 cm³/mol. The highest BCUT2D eigenvalue weighted by atomic mass is 16.2. The summed E-state index contributed by atoms with van der Waals surface area (Å²) >= 11 is 0. The maximum absolute atomic E-state index is 13.9. The number of hydrogen-bond acceptors (Lipinski definition) is 4. The molecule has 0 unspecified atom stereocenters. The topological polar surface area (TPSA) is 43.9 Å². The van der Waals surface area contributed by atoms with Crippen LogP contribution >= 0.6 is 0 Å². The molecule has 0 saturated carbocycles. The molecule has 5 rings (SSSR count). The summed E-state index contributed by atoms with van der Waals surface area (Å²) in [6, 6.07) is 19.7. The van der Waals surface area contributed by atoms with E-state index in [1.54, 1.807) is 0 Å². The third-order valence-electron chi connectivity index (χ3n) is 6.68. The third-order valence-corrected chi connectivity index (χ3v) is 6.68. The largest absolute Gasteiger partial charge is 0.364 e. The monoisotopic (exact) mass is 425 g/mol. The Morgan fingerprint density at radius 3 is 2.22 bits per heavy atom. The van der Waals surface area contributed by atoms with Crippen LogP contribution in [0, 0.1) is 13.8 Å². The number of carbonyl (C=O) groups excluding carboxylic acids is 2. The van der Waals surface area contributed by atoms with E-state index in [0.29, 0.717) is 17.0 Å². The van der Waals surface area contributed by atoms with Crippen molar-refractivity contribution in [3.05, 3.63) is 83.1 Å². The van der Waals surface area contributed by atoms with Crippen LogP contribution in [0.5, 0.6) is 0 Å². The lowest BCUT2D eigenvalue weighted by Gasteiger charge is -2.34. The Balaban J connectivity index is 1.67. The predicted octanol–water partition coefficient (Wildman–Crippen LogP) is 3.99. The van der Waals surface area contributed by atoms with Gasteiger partial charge in [-0.1, -0.05) is 54.6 Å². The van der Waals surface area contributed by atoms with Crippen LogP contribution in [0.1, 0.15) is 16.7 Å². The van der Waals surface area contributed by atoms with Gasteiger partial charge in [0, 0.05) is 31.6 Å². The Morgan fingerprint density at radius 1 is 0.750 bits per heavy atom. The molecule has 5 heteroatoms. The first-order chi connectivity index (χ1) is 15.5. The number of piperazine rings is 1. The summed E-state index contributed by atoms with van der Waals surface area (Å²) in [6.07, 6.45) is 0. The van der Waals surface area contributed by atoms with Gasteiger partial charge in [-0.15, -0.1) is 0 Å². The van der Waals surface area contributed by atoms with E-state index >= 15 is 0 Å². The molecule has 1 fully saturated rings. The van der Waals surface area contributed by atoms with Crippen molar-refractivity contribution in [2.45, 2.75) is 13.8 Å². The van der Waals surface area contributed by atoms with E-state index in [1.165, 1.54) is 4.90 Å². The Morgan fingerprint density at radius 2 is 1.47 bits per heavy atom. The van der Waals surface area contributed by atoms with Crippen molar-refractivity contribution in [3.8, 4) is 0 Å². The minimum atomic E-state index is -0.247. The van der Waals surface area contributed by atoms with Gasteiger partial charge in [0.2, 0.25) is 0 Å². The molecule has 0 atom stereocenters. The van der Waals surface area contributed by atoms with E-state index in [2.05, 4.69) is 23.8 Å². The molecule has 0 aromatic heterocycles. The molecule has 1 saturated heterocycles. The van der Waals surface area contributed by atoms with Crippen LogP contribution in [0.25, 0.3) is 16.3 Å². The van der Waals surface area contributed by atoms with Crippen LogP contribution in [0.2, 0.25) is 0 Å². The van der Waals surface area contributed by atoms with Crippen LogP contribution in [0.15, 0.2) is 66.4 Å². The van der Waals surface area contributed by atoms with Gasteiger partial charge < -0.3 is 9.80 Å². The van der Waals surface area contributed by atoms with Gasteiger partial charge in [0.25, 0.3) is 11.8 Å². The molecule has 2 aliphatic rings. The summed E-state index contributed by atoms with van der Waals surface area (Å²) in [4.78, 5) is 33.5. The maximum Gasteiger partial charge on any atom is 0.282 e. The number of fused-ring (bicyclic) bond motifs is 1. The van der Waals surface area contributed by atoms with Gasteiger partial charge in [0.1, 0.15) is 5.70 Å². The molecule has 2 amide bonds. The first-order valence-electron chi connectivity index (χ1n) is 11.1. The Bertz CT molecular complexity index is 1260. The number of amides is 2. The lowest BCUT2D eigenvalue weighted by atomic mass is 9.99. The molecule has 162 valence electrons. The van der Waals surface area contributed by atoms with Gasteiger partial charge in [-0.05, 0) is 49.0 Å². The van der Waals surface area contributed by atoms with E-state index < -0.39 is 0 Å². The number of hydrogen-bond donors (Lipinski definition) is 0. The second kappa shape index (κ2) is 7.92. The fourth-order valence-electron chi connectivity index (χ4n) is 4.62. The zero-order valence-corrected chi connectivity index (χ0v) is 18.8. The number of carbonyl (C=O) groups is 2. The van der Waals surface area contributed by atoms with Crippen molar-refractivity contribution in [2.24, 2.45) is 0 Å². The highest BCUT2D eigenvalue weighted by Gasteiger charge is 2.43. The SMILES string of the molecule is Cc1ccc(C2=C(N3CCN(C)CC3)C(=O)N(c3cccc4ccccc34)C2=O)cc1C. The molecular formula is C27H27N3O2.